The lowest BCUT2D eigenvalue weighted by Gasteiger charge is -2.27. The molecule has 1 saturated heterocycles. The predicted octanol–water partition coefficient (Wildman–Crippen LogP) is 2.60. The molecule has 0 aliphatic carbocycles. The number of hydrogen-bond acceptors (Lipinski definition) is 3. The molecule has 1 heterocycles. The van der Waals surface area contributed by atoms with Gasteiger partial charge < -0.3 is 9.84 Å². The Balaban J connectivity index is 2.70. The van der Waals surface area contributed by atoms with Gasteiger partial charge in [0, 0.05) is 12.8 Å². The average molecular weight is 230 g/mol. The Kier molecular flexibility index (Phi) is 4.29. The van der Waals surface area contributed by atoms with Gasteiger partial charge >= 0.3 is 12.2 Å². The molecule has 1 aliphatic rings. The summed E-state index contributed by atoms with van der Waals surface area (Å²) in [6.45, 7) is 4.45. The Hall–Kier alpha value is -1.10. The fourth-order valence-corrected chi connectivity index (χ4v) is 2.13. The fourth-order valence-electron chi connectivity index (χ4n) is 2.13. The number of rotatable bonds is 3. The van der Waals surface area contributed by atoms with E-state index in [-0.39, 0.29) is 6.04 Å². The molecule has 5 nitrogen and oxygen atoms in total. The number of likely N-dealkylation sites (tertiary alicyclic amines) is 1. The number of carboxylic acid groups (broad SMARTS) is 1. The van der Waals surface area contributed by atoms with E-state index in [0.717, 1.165) is 25.7 Å². The Morgan fingerprint density at radius 3 is 2.62 bits per heavy atom. The molecule has 16 heavy (non-hydrogen) atoms. The predicted molar refractivity (Wildman–Crippen MR) is 58.1 cm³/mol. The van der Waals surface area contributed by atoms with Gasteiger partial charge in [0.1, 0.15) is 12.6 Å². The molecule has 5 heteroatoms. The van der Waals surface area contributed by atoms with E-state index in [0.29, 0.717) is 13.2 Å². The van der Waals surface area contributed by atoms with E-state index < -0.39 is 16.7 Å². The molecule has 1 rings (SSSR count). The van der Waals surface area contributed by atoms with E-state index in [1.807, 2.05) is 6.92 Å². The summed E-state index contributed by atoms with van der Waals surface area (Å²) in [6, 6.07) is -0.188. The zero-order valence-electron chi connectivity index (χ0n) is 9.94. The summed E-state index contributed by atoms with van der Waals surface area (Å²) in [7, 11) is 0. The van der Waals surface area contributed by atoms with Crippen LogP contribution in [0.2, 0.25) is 0 Å². The van der Waals surface area contributed by atoms with Crippen LogP contribution in [0.1, 0.15) is 39.5 Å². The number of carbonyl (C=O) groups excluding carboxylic acids is 1. The summed E-state index contributed by atoms with van der Waals surface area (Å²) in [5.74, 6) is 0. The quantitative estimate of drug-likeness (QED) is 0.598. The molecule has 0 aromatic heterocycles. The van der Waals surface area contributed by atoms with E-state index in [9.17, 15) is 14.7 Å². The normalized spacial score (nSPS) is 29.0. The van der Waals surface area contributed by atoms with Crippen LogP contribution in [-0.2, 0) is 4.74 Å². The summed E-state index contributed by atoms with van der Waals surface area (Å²) < 4.78 is 4.50. The lowest BCUT2D eigenvalue weighted by molar-refractivity contribution is -0.795. The highest BCUT2D eigenvalue weighted by Gasteiger charge is 2.54. The second-order valence-electron chi connectivity index (χ2n) is 4.33. The number of hydrogen-bond donors (Lipinski definition) is 1. The number of nitrogens with zero attached hydrogens (tertiary/aromatic N) is 1. The van der Waals surface area contributed by atoms with Gasteiger partial charge in [0.05, 0.1) is 6.61 Å². The zero-order valence-corrected chi connectivity index (χ0v) is 9.94. The highest BCUT2D eigenvalue weighted by molar-refractivity contribution is 5.75. The third-order valence-electron chi connectivity index (χ3n) is 3.28. The minimum atomic E-state index is -1.09. The second-order valence-corrected chi connectivity index (χ2v) is 4.33. The van der Waals surface area contributed by atoms with Crippen molar-refractivity contribution in [3.8, 4) is 0 Å². The molecule has 92 valence electrons. The van der Waals surface area contributed by atoms with Gasteiger partial charge in [-0.05, 0) is 13.3 Å². The molecule has 2 amide bonds. The molecule has 0 saturated carbocycles. The molecular weight excluding hydrogens is 210 g/mol. The Morgan fingerprint density at radius 2 is 2.19 bits per heavy atom. The van der Waals surface area contributed by atoms with Crippen LogP contribution in [0.5, 0.6) is 0 Å². The first-order valence-electron chi connectivity index (χ1n) is 5.84. The molecular formula is C11H20NO4+. The zero-order chi connectivity index (χ0) is 12.2. The van der Waals surface area contributed by atoms with Gasteiger partial charge in [-0.25, -0.2) is 0 Å². The first-order chi connectivity index (χ1) is 7.55. The van der Waals surface area contributed by atoms with Gasteiger partial charge in [-0.15, -0.1) is 4.48 Å². The topological polar surface area (TPSA) is 63.6 Å². The van der Waals surface area contributed by atoms with Gasteiger partial charge in [-0.2, -0.15) is 9.59 Å². The molecule has 0 aromatic carbocycles. The summed E-state index contributed by atoms with van der Waals surface area (Å²) in [5.41, 5.74) is 0. The smallest absolute Gasteiger partial charge is 0.435 e. The SMILES string of the molecule is CCCCOC(=O)[N@+]1(C(=O)O)CCCC1C. The molecule has 0 aromatic rings. The number of quaternary nitrogens is 1. The molecule has 1 N–H and O–H groups in total. The molecule has 2 atom stereocenters. The van der Waals surface area contributed by atoms with Crippen LogP contribution < -0.4 is 0 Å². The van der Waals surface area contributed by atoms with E-state index in [1.54, 1.807) is 6.92 Å². The third kappa shape index (κ3) is 2.19. The van der Waals surface area contributed by atoms with Crippen LogP contribution >= 0.6 is 0 Å². The summed E-state index contributed by atoms with van der Waals surface area (Å²) in [5, 5.41) is 9.23. The maximum Gasteiger partial charge on any atom is 0.526 e. The first-order valence-corrected chi connectivity index (χ1v) is 5.84. The second kappa shape index (κ2) is 5.30. The minimum Gasteiger partial charge on any atom is -0.435 e. The van der Waals surface area contributed by atoms with E-state index in [2.05, 4.69) is 0 Å². The van der Waals surface area contributed by atoms with E-state index in [1.165, 1.54) is 0 Å². The Labute approximate surface area is 95.6 Å². The van der Waals surface area contributed by atoms with Crippen molar-refractivity contribution < 1.29 is 23.9 Å². The van der Waals surface area contributed by atoms with Crippen molar-refractivity contribution in [3.63, 3.8) is 0 Å². The molecule has 0 bridgehead atoms. The van der Waals surface area contributed by atoms with Crippen LogP contribution in [0.15, 0.2) is 0 Å². The number of carbonyl (C=O) groups is 2. The highest BCUT2D eigenvalue weighted by Crippen LogP contribution is 2.28. The molecule has 0 spiro atoms. The Bertz CT molecular complexity index is 279. The van der Waals surface area contributed by atoms with E-state index >= 15 is 0 Å². The molecule has 1 unspecified atom stereocenters. The highest BCUT2D eigenvalue weighted by atomic mass is 16.6. The average Bonchev–Trinajstić information content (AvgIpc) is 2.61. The van der Waals surface area contributed by atoms with Crippen molar-refractivity contribution >= 4 is 12.2 Å². The van der Waals surface area contributed by atoms with Crippen LogP contribution in [0, 0.1) is 0 Å². The van der Waals surface area contributed by atoms with Gasteiger partial charge in [0.25, 0.3) is 0 Å². The monoisotopic (exact) mass is 230 g/mol. The summed E-state index contributed by atoms with van der Waals surface area (Å²) in [6.07, 6.45) is 1.53. The number of ether oxygens (including phenoxy) is 1. The van der Waals surface area contributed by atoms with Crippen molar-refractivity contribution in [1.29, 1.82) is 0 Å². The van der Waals surface area contributed by atoms with Crippen LogP contribution in [0.4, 0.5) is 9.59 Å². The lowest BCUT2D eigenvalue weighted by atomic mass is 10.2. The van der Waals surface area contributed by atoms with Crippen molar-refractivity contribution in [2.75, 3.05) is 13.2 Å². The summed E-state index contributed by atoms with van der Waals surface area (Å²) in [4.78, 5) is 23.1. The van der Waals surface area contributed by atoms with Crippen molar-refractivity contribution in [2.24, 2.45) is 0 Å². The largest absolute Gasteiger partial charge is 0.526 e. The van der Waals surface area contributed by atoms with Crippen LogP contribution in [0.3, 0.4) is 0 Å². The van der Waals surface area contributed by atoms with Gasteiger partial charge in [0.15, 0.2) is 0 Å². The maximum absolute atomic E-state index is 11.9. The van der Waals surface area contributed by atoms with Gasteiger partial charge in [-0.3, -0.25) is 0 Å². The molecule has 1 fully saturated rings. The van der Waals surface area contributed by atoms with E-state index in [4.69, 9.17) is 4.74 Å². The molecule has 1 aliphatic heterocycles. The standard InChI is InChI=1S/C11H19NO4/c1-3-4-8-16-11(15)12(10(13)14)7-5-6-9(12)2/h9H,3-8H2,1-2H3/p+1/t9?,12-/m1/s1. The maximum atomic E-state index is 11.9. The third-order valence-corrected chi connectivity index (χ3v) is 3.28. The fraction of sp³-hybridized carbons (Fsp3) is 0.818. The number of imide groups is 1. The minimum absolute atomic E-state index is 0.188. The van der Waals surface area contributed by atoms with Crippen molar-refractivity contribution in [3.05, 3.63) is 0 Å². The number of amides is 2. The van der Waals surface area contributed by atoms with Gasteiger partial charge in [-0.1, -0.05) is 13.3 Å². The van der Waals surface area contributed by atoms with Crippen molar-refractivity contribution in [1.82, 2.24) is 0 Å². The van der Waals surface area contributed by atoms with Crippen molar-refractivity contribution in [2.45, 2.75) is 45.6 Å². The molecule has 0 radical (unpaired) electrons. The van der Waals surface area contributed by atoms with Crippen LogP contribution in [-0.4, -0.2) is 41.0 Å². The number of unbranched alkanes of at least 4 members (excludes halogenated alkanes) is 1. The van der Waals surface area contributed by atoms with Crippen LogP contribution in [0.25, 0.3) is 0 Å². The summed E-state index contributed by atoms with van der Waals surface area (Å²) >= 11 is 0. The Morgan fingerprint density at radius 1 is 1.50 bits per heavy atom. The first kappa shape index (κ1) is 13.0. The lowest BCUT2D eigenvalue weighted by Crippen LogP contribution is -2.58. The van der Waals surface area contributed by atoms with Gasteiger partial charge in [0.2, 0.25) is 0 Å².